The van der Waals surface area contributed by atoms with Crippen LogP contribution >= 0.6 is 0 Å². The predicted molar refractivity (Wildman–Crippen MR) is 107 cm³/mol. The number of nitrogens with one attached hydrogen (secondary N) is 3. The molecular weight excluding hydrogens is 346 g/mol. The van der Waals surface area contributed by atoms with E-state index in [1.165, 1.54) is 0 Å². The van der Waals surface area contributed by atoms with Crippen LogP contribution in [0.25, 0.3) is 0 Å². The average Bonchev–Trinajstić information content (AvgIpc) is 2.54. The summed E-state index contributed by atoms with van der Waals surface area (Å²) in [6.45, 7) is 12.8. The number of hydrogen-bond acceptors (Lipinski definition) is 5. The van der Waals surface area contributed by atoms with Gasteiger partial charge in [-0.2, -0.15) is 0 Å². The number of ether oxygens (including phenoxy) is 2. The number of pyridine rings is 1. The van der Waals surface area contributed by atoms with Gasteiger partial charge in [-0.3, -0.25) is 4.99 Å². The third-order valence-electron chi connectivity index (χ3n) is 3.34. The van der Waals surface area contributed by atoms with Crippen molar-refractivity contribution in [1.29, 1.82) is 0 Å². The van der Waals surface area contributed by atoms with E-state index in [2.05, 4.69) is 25.9 Å². The molecule has 3 N–H and O–H groups in total. The third kappa shape index (κ3) is 9.12. The Bertz CT molecular complexity index is 638. The zero-order chi connectivity index (χ0) is 20.5. The number of carbonyl (C=O) groups excluding carboxylic acids is 1. The fourth-order valence-electron chi connectivity index (χ4n) is 2.15. The lowest BCUT2D eigenvalue weighted by atomic mass is 10.1. The molecule has 8 nitrogen and oxygen atoms in total. The van der Waals surface area contributed by atoms with Crippen molar-refractivity contribution < 1.29 is 14.3 Å². The molecule has 27 heavy (non-hydrogen) atoms. The van der Waals surface area contributed by atoms with Crippen LogP contribution in [0.15, 0.2) is 23.3 Å². The predicted octanol–water partition coefficient (Wildman–Crippen LogP) is 2.45. The zero-order valence-electron chi connectivity index (χ0n) is 17.5. The lowest BCUT2D eigenvalue weighted by Gasteiger charge is -2.29. The molecule has 0 radical (unpaired) electrons. The van der Waals surface area contributed by atoms with Gasteiger partial charge in [0.05, 0.1) is 12.1 Å². The molecule has 0 saturated carbocycles. The van der Waals surface area contributed by atoms with Gasteiger partial charge in [-0.25, -0.2) is 9.78 Å². The molecule has 0 spiro atoms. The highest BCUT2D eigenvalue weighted by Crippen LogP contribution is 2.13. The molecule has 1 aromatic rings. The van der Waals surface area contributed by atoms with E-state index in [1.54, 1.807) is 13.2 Å². The Morgan fingerprint density at radius 3 is 2.52 bits per heavy atom. The van der Waals surface area contributed by atoms with Crippen LogP contribution < -0.4 is 20.7 Å². The molecular formula is C19H33N5O3. The number of rotatable bonds is 7. The molecule has 0 aliphatic carbocycles. The maximum absolute atomic E-state index is 12.0. The first-order valence-corrected chi connectivity index (χ1v) is 9.08. The van der Waals surface area contributed by atoms with Crippen LogP contribution in [-0.2, 0) is 11.3 Å². The minimum Gasteiger partial charge on any atom is -0.478 e. The number of amides is 1. The van der Waals surface area contributed by atoms with Crippen molar-refractivity contribution in [2.75, 3.05) is 20.2 Å². The number of guanidine groups is 1. The monoisotopic (exact) mass is 379 g/mol. The SMILES string of the molecule is CCOc1ncccc1CNC(=NC)NCC(C)(C)NC(=O)OC(C)(C)C. The van der Waals surface area contributed by atoms with Gasteiger partial charge in [0.2, 0.25) is 5.88 Å². The number of carbonyl (C=O) groups is 1. The van der Waals surface area contributed by atoms with Crippen molar-refractivity contribution in [2.45, 2.75) is 59.2 Å². The van der Waals surface area contributed by atoms with Crippen molar-refractivity contribution in [3.05, 3.63) is 23.9 Å². The van der Waals surface area contributed by atoms with Gasteiger partial charge < -0.3 is 25.4 Å². The van der Waals surface area contributed by atoms with E-state index in [0.29, 0.717) is 31.5 Å². The molecule has 0 unspecified atom stereocenters. The molecule has 152 valence electrons. The maximum atomic E-state index is 12.0. The van der Waals surface area contributed by atoms with Crippen LogP contribution in [0, 0.1) is 0 Å². The third-order valence-corrected chi connectivity index (χ3v) is 3.34. The van der Waals surface area contributed by atoms with Gasteiger partial charge in [-0.1, -0.05) is 6.07 Å². The highest BCUT2D eigenvalue weighted by molar-refractivity contribution is 5.79. The van der Waals surface area contributed by atoms with Crippen LogP contribution in [-0.4, -0.2) is 48.4 Å². The Morgan fingerprint density at radius 2 is 1.93 bits per heavy atom. The van der Waals surface area contributed by atoms with E-state index in [-0.39, 0.29) is 0 Å². The summed E-state index contributed by atoms with van der Waals surface area (Å²) in [6.07, 6.45) is 1.25. The van der Waals surface area contributed by atoms with Crippen molar-refractivity contribution in [3.63, 3.8) is 0 Å². The van der Waals surface area contributed by atoms with Crippen LogP contribution in [0.3, 0.4) is 0 Å². The highest BCUT2D eigenvalue weighted by atomic mass is 16.6. The number of hydrogen-bond donors (Lipinski definition) is 3. The van der Waals surface area contributed by atoms with E-state index >= 15 is 0 Å². The van der Waals surface area contributed by atoms with Gasteiger partial charge in [-0.05, 0) is 47.6 Å². The second-order valence-corrected chi connectivity index (χ2v) is 7.69. The minimum absolute atomic E-state index is 0.450. The molecule has 0 aliphatic heterocycles. The molecule has 1 amide bonds. The number of aliphatic imine (C=N–C) groups is 1. The van der Waals surface area contributed by atoms with Crippen LogP contribution in [0.1, 0.15) is 47.1 Å². The Hall–Kier alpha value is -2.51. The van der Waals surface area contributed by atoms with Gasteiger partial charge in [0.25, 0.3) is 0 Å². The summed E-state index contributed by atoms with van der Waals surface area (Å²) in [6, 6.07) is 3.82. The first-order valence-electron chi connectivity index (χ1n) is 9.08. The van der Waals surface area contributed by atoms with Gasteiger partial charge in [0, 0.05) is 31.9 Å². The minimum atomic E-state index is -0.535. The maximum Gasteiger partial charge on any atom is 0.408 e. The Labute approximate surface area is 162 Å². The van der Waals surface area contributed by atoms with Crippen molar-refractivity contribution in [2.24, 2.45) is 4.99 Å². The number of nitrogens with zero attached hydrogens (tertiary/aromatic N) is 2. The summed E-state index contributed by atoms with van der Waals surface area (Å²) in [5.74, 6) is 1.22. The second-order valence-electron chi connectivity index (χ2n) is 7.69. The largest absolute Gasteiger partial charge is 0.478 e. The fourth-order valence-corrected chi connectivity index (χ4v) is 2.15. The van der Waals surface area contributed by atoms with Crippen molar-refractivity contribution in [1.82, 2.24) is 20.9 Å². The highest BCUT2D eigenvalue weighted by Gasteiger charge is 2.24. The van der Waals surface area contributed by atoms with Gasteiger partial charge in [0.15, 0.2) is 5.96 Å². The first-order chi connectivity index (χ1) is 12.6. The second kappa shape index (κ2) is 9.99. The smallest absolute Gasteiger partial charge is 0.408 e. The van der Waals surface area contributed by atoms with Gasteiger partial charge in [0.1, 0.15) is 5.60 Å². The van der Waals surface area contributed by atoms with E-state index in [1.807, 2.05) is 53.7 Å². The average molecular weight is 380 g/mol. The molecule has 0 saturated heterocycles. The topological polar surface area (TPSA) is 96.9 Å². The first kappa shape index (κ1) is 22.5. The molecule has 0 aromatic carbocycles. The van der Waals surface area contributed by atoms with E-state index in [4.69, 9.17) is 9.47 Å². The van der Waals surface area contributed by atoms with E-state index < -0.39 is 17.2 Å². The molecule has 1 rings (SSSR count). The Kier molecular flexibility index (Phi) is 8.33. The summed E-state index contributed by atoms with van der Waals surface area (Å²) in [4.78, 5) is 20.4. The molecule has 0 bridgehead atoms. The molecule has 0 fully saturated rings. The quantitative estimate of drug-likeness (QED) is 0.497. The molecule has 0 aliphatic rings. The fraction of sp³-hybridized carbons (Fsp3) is 0.632. The van der Waals surface area contributed by atoms with Crippen LogP contribution in [0.4, 0.5) is 4.79 Å². The van der Waals surface area contributed by atoms with E-state index in [9.17, 15) is 4.79 Å². The molecule has 1 heterocycles. The summed E-state index contributed by atoms with van der Waals surface area (Å²) in [5.41, 5.74) is -0.119. The number of aromatic nitrogens is 1. The summed E-state index contributed by atoms with van der Waals surface area (Å²) in [5, 5.41) is 9.29. The molecule has 0 atom stereocenters. The van der Waals surface area contributed by atoms with Crippen molar-refractivity contribution in [3.8, 4) is 5.88 Å². The van der Waals surface area contributed by atoms with Gasteiger partial charge in [-0.15, -0.1) is 0 Å². The van der Waals surface area contributed by atoms with E-state index in [0.717, 1.165) is 5.56 Å². The Balaban J connectivity index is 2.55. The lowest BCUT2D eigenvalue weighted by Crippen LogP contribution is -2.54. The zero-order valence-corrected chi connectivity index (χ0v) is 17.5. The molecule has 1 aromatic heterocycles. The van der Waals surface area contributed by atoms with Crippen molar-refractivity contribution >= 4 is 12.1 Å². The summed E-state index contributed by atoms with van der Waals surface area (Å²) < 4.78 is 10.8. The summed E-state index contributed by atoms with van der Waals surface area (Å²) >= 11 is 0. The molecule has 8 heteroatoms. The van der Waals surface area contributed by atoms with Crippen LogP contribution in [0.5, 0.6) is 5.88 Å². The standard InChI is InChI=1S/C19H33N5O3/c1-8-26-15-14(10-9-11-21-15)12-22-16(20-7)23-13-19(5,6)24-17(25)27-18(2,3)4/h9-11H,8,12-13H2,1-7H3,(H,24,25)(H2,20,22,23). The van der Waals surface area contributed by atoms with Gasteiger partial charge >= 0.3 is 6.09 Å². The normalized spacial score (nSPS) is 12.3. The lowest BCUT2D eigenvalue weighted by molar-refractivity contribution is 0.0474. The number of alkyl carbamates (subject to hydrolysis) is 1. The summed E-state index contributed by atoms with van der Waals surface area (Å²) in [7, 11) is 1.69. The van der Waals surface area contributed by atoms with Crippen LogP contribution in [0.2, 0.25) is 0 Å². The Morgan fingerprint density at radius 1 is 1.22 bits per heavy atom.